The van der Waals surface area contributed by atoms with Gasteiger partial charge in [-0.15, -0.1) is 0 Å². The summed E-state index contributed by atoms with van der Waals surface area (Å²) < 4.78 is 123. The second-order valence-corrected chi connectivity index (χ2v) is 3.16. The lowest BCUT2D eigenvalue weighted by atomic mass is 10.2. The van der Waals surface area contributed by atoms with Gasteiger partial charge in [0.15, 0.2) is 13.3 Å². The number of alkyl halides is 11. The van der Waals surface area contributed by atoms with Crippen LogP contribution in [-0.4, -0.2) is 42.6 Å². The van der Waals surface area contributed by atoms with E-state index in [1.807, 2.05) is 0 Å². The SMILES string of the molecule is FCC(F)(F)CC(F)(F)F.OC(F)(F)C(F)(F)CF. The zero-order chi connectivity index (χ0) is 16.1. The molecular formula is C7H7F11O. The predicted octanol–water partition coefficient (Wildman–Crippen LogP) is 3.72. The smallest absolute Gasteiger partial charge is 0.331 e. The van der Waals surface area contributed by atoms with Crippen molar-refractivity contribution >= 4 is 0 Å². The number of halogens is 11. The number of aliphatic hydroxyl groups is 1. The first-order chi connectivity index (χ1) is 8.08. The fourth-order valence-electron chi connectivity index (χ4n) is 0.421. The van der Waals surface area contributed by atoms with Crippen LogP contribution in [-0.2, 0) is 0 Å². The van der Waals surface area contributed by atoms with Gasteiger partial charge in [0.2, 0.25) is 0 Å². The van der Waals surface area contributed by atoms with Crippen molar-refractivity contribution in [1.82, 2.24) is 0 Å². The van der Waals surface area contributed by atoms with E-state index in [1.165, 1.54) is 0 Å². The summed E-state index contributed by atoms with van der Waals surface area (Å²) in [5.41, 5.74) is 0. The molecule has 0 atom stereocenters. The molecule has 0 saturated carbocycles. The van der Waals surface area contributed by atoms with Crippen LogP contribution in [0.4, 0.5) is 48.3 Å². The van der Waals surface area contributed by atoms with Crippen LogP contribution in [0.15, 0.2) is 0 Å². The van der Waals surface area contributed by atoms with Crippen LogP contribution < -0.4 is 0 Å². The minimum Gasteiger partial charge on any atom is -0.331 e. The minimum atomic E-state index is -5.26. The van der Waals surface area contributed by atoms with E-state index < -0.39 is 43.9 Å². The maximum atomic E-state index is 11.6. The normalized spacial score (nSPS) is 13.9. The first-order valence-corrected chi connectivity index (χ1v) is 4.12. The summed E-state index contributed by atoms with van der Waals surface area (Å²) >= 11 is 0. The molecule has 0 aliphatic heterocycles. The zero-order valence-corrected chi connectivity index (χ0v) is 8.73. The summed E-state index contributed by atoms with van der Waals surface area (Å²) in [5.74, 6) is -9.23. The average Bonchev–Trinajstić information content (AvgIpc) is 2.13. The largest absolute Gasteiger partial charge is 0.419 e. The monoisotopic (exact) mass is 316 g/mol. The van der Waals surface area contributed by atoms with Gasteiger partial charge in [-0.05, 0) is 0 Å². The highest BCUT2D eigenvalue weighted by Crippen LogP contribution is 2.32. The molecule has 0 saturated heterocycles. The second-order valence-electron chi connectivity index (χ2n) is 3.16. The van der Waals surface area contributed by atoms with Gasteiger partial charge in [0.1, 0.15) is 6.42 Å². The molecule has 1 N–H and O–H groups in total. The third-order valence-electron chi connectivity index (χ3n) is 1.26. The van der Waals surface area contributed by atoms with Crippen molar-refractivity contribution in [3.05, 3.63) is 0 Å². The van der Waals surface area contributed by atoms with Gasteiger partial charge in [-0.3, -0.25) is 0 Å². The van der Waals surface area contributed by atoms with Gasteiger partial charge >= 0.3 is 18.2 Å². The summed E-state index contributed by atoms with van der Waals surface area (Å²) in [6.45, 7) is -4.84. The molecule has 0 aromatic carbocycles. The van der Waals surface area contributed by atoms with Crippen molar-refractivity contribution in [2.45, 2.75) is 30.6 Å². The molecule has 0 bridgehead atoms. The van der Waals surface area contributed by atoms with Gasteiger partial charge in [-0.1, -0.05) is 0 Å². The number of hydrogen-bond acceptors (Lipinski definition) is 1. The fourth-order valence-corrected chi connectivity index (χ4v) is 0.421. The summed E-state index contributed by atoms with van der Waals surface area (Å²) in [6, 6.07) is 0. The van der Waals surface area contributed by atoms with Crippen molar-refractivity contribution in [2.75, 3.05) is 13.3 Å². The lowest BCUT2D eigenvalue weighted by Crippen LogP contribution is -2.41. The molecule has 0 aromatic heterocycles. The quantitative estimate of drug-likeness (QED) is 0.784. The van der Waals surface area contributed by atoms with Gasteiger partial charge in [0, 0.05) is 0 Å². The Morgan fingerprint density at radius 1 is 0.684 bits per heavy atom. The molecule has 0 aliphatic carbocycles. The highest BCUT2D eigenvalue weighted by molar-refractivity contribution is 4.73. The van der Waals surface area contributed by atoms with Crippen LogP contribution in [0, 0.1) is 0 Å². The number of rotatable bonds is 4. The molecule has 0 radical (unpaired) electrons. The molecule has 0 rings (SSSR count). The van der Waals surface area contributed by atoms with Gasteiger partial charge in [-0.2, -0.15) is 30.7 Å². The Balaban J connectivity index is 0. The van der Waals surface area contributed by atoms with E-state index in [2.05, 4.69) is 0 Å². The Morgan fingerprint density at radius 3 is 1.11 bits per heavy atom. The van der Waals surface area contributed by atoms with Crippen LogP contribution in [0.2, 0.25) is 0 Å². The van der Waals surface area contributed by atoms with Crippen molar-refractivity contribution in [3.63, 3.8) is 0 Å². The lowest BCUT2D eigenvalue weighted by Gasteiger charge is -2.16. The van der Waals surface area contributed by atoms with Gasteiger partial charge < -0.3 is 5.11 Å². The van der Waals surface area contributed by atoms with E-state index in [1.54, 1.807) is 0 Å². The lowest BCUT2D eigenvalue weighted by molar-refractivity contribution is -0.328. The maximum Gasteiger partial charge on any atom is 0.419 e. The first-order valence-electron chi connectivity index (χ1n) is 4.12. The molecule has 0 aromatic rings. The first kappa shape index (κ1) is 20.5. The Morgan fingerprint density at radius 2 is 1.05 bits per heavy atom. The van der Waals surface area contributed by atoms with Gasteiger partial charge in [0.05, 0.1) is 0 Å². The Labute approximate surface area is 98.5 Å². The maximum absolute atomic E-state index is 11.6. The van der Waals surface area contributed by atoms with E-state index in [4.69, 9.17) is 5.11 Å². The van der Waals surface area contributed by atoms with E-state index in [0.717, 1.165) is 0 Å². The topological polar surface area (TPSA) is 20.2 Å². The van der Waals surface area contributed by atoms with Crippen LogP contribution in [0.3, 0.4) is 0 Å². The van der Waals surface area contributed by atoms with Gasteiger partial charge in [-0.25, -0.2) is 17.6 Å². The molecule has 0 amide bonds. The summed E-state index contributed by atoms with van der Waals surface area (Å²) in [5, 5.41) is 7.22. The third kappa shape index (κ3) is 9.73. The molecule has 0 spiro atoms. The fraction of sp³-hybridized carbons (Fsp3) is 1.00. The highest BCUT2D eigenvalue weighted by atomic mass is 19.4. The Kier molecular flexibility index (Phi) is 7.09. The molecule has 12 heteroatoms. The molecule has 118 valence electrons. The predicted molar refractivity (Wildman–Crippen MR) is 39.7 cm³/mol. The molecule has 0 unspecified atom stereocenters. The zero-order valence-electron chi connectivity index (χ0n) is 8.73. The molecule has 0 aliphatic rings. The molecule has 0 heterocycles. The van der Waals surface area contributed by atoms with Crippen molar-refractivity contribution in [3.8, 4) is 0 Å². The second kappa shape index (κ2) is 6.57. The van der Waals surface area contributed by atoms with E-state index in [9.17, 15) is 48.3 Å². The highest BCUT2D eigenvalue weighted by Gasteiger charge is 2.55. The molecule has 0 fully saturated rings. The van der Waals surface area contributed by atoms with Crippen molar-refractivity contribution < 1.29 is 53.4 Å². The van der Waals surface area contributed by atoms with E-state index in [-0.39, 0.29) is 0 Å². The van der Waals surface area contributed by atoms with Crippen molar-refractivity contribution in [2.24, 2.45) is 0 Å². The third-order valence-corrected chi connectivity index (χ3v) is 1.26. The molecule has 19 heavy (non-hydrogen) atoms. The van der Waals surface area contributed by atoms with Crippen LogP contribution in [0.1, 0.15) is 6.42 Å². The molecule has 1 nitrogen and oxygen atoms in total. The Bertz CT molecular complexity index is 253. The standard InChI is InChI=1S/C4H4F6.C3H3F5O/c5-2-3(6,7)1-4(8,9)10;4-1-2(5,6)3(7,8)9/h1-2H2;9H,1H2. The van der Waals surface area contributed by atoms with Crippen LogP contribution in [0.5, 0.6) is 0 Å². The van der Waals surface area contributed by atoms with Crippen molar-refractivity contribution in [1.29, 1.82) is 0 Å². The van der Waals surface area contributed by atoms with E-state index >= 15 is 0 Å². The molecular weight excluding hydrogens is 309 g/mol. The van der Waals surface area contributed by atoms with Gasteiger partial charge in [0.25, 0.3) is 5.92 Å². The summed E-state index contributed by atoms with van der Waals surface area (Å²) in [7, 11) is 0. The Hall–Kier alpha value is -0.810. The average molecular weight is 316 g/mol. The summed E-state index contributed by atoms with van der Waals surface area (Å²) in [6.07, 6.45) is -12.7. The van der Waals surface area contributed by atoms with E-state index in [0.29, 0.717) is 0 Å². The number of hydrogen-bond donors (Lipinski definition) is 1. The minimum absolute atomic E-state index is 2.27. The van der Waals surface area contributed by atoms with Crippen LogP contribution in [0.25, 0.3) is 0 Å². The van der Waals surface area contributed by atoms with Crippen LogP contribution >= 0.6 is 0 Å². The summed E-state index contributed by atoms with van der Waals surface area (Å²) in [4.78, 5) is 0.